The van der Waals surface area contributed by atoms with Gasteiger partial charge in [0.05, 0.1) is 15.1 Å². The second kappa shape index (κ2) is 9.76. The van der Waals surface area contributed by atoms with E-state index in [1.807, 2.05) is 37.3 Å². The van der Waals surface area contributed by atoms with Crippen LogP contribution >= 0.6 is 34.8 Å². The zero-order valence-corrected chi connectivity index (χ0v) is 16.2. The maximum atomic E-state index is 12.0. The van der Waals surface area contributed by atoms with Crippen LogP contribution in [0.25, 0.3) is 0 Å². The molecule has 1 amide bonds. The van der Waals surface area contributed by atoms with Gasteiger partial charge in [-0.3, -0.25) is 4.79 Å². The lowest BCUT2D eigenvalue weighted by Gasteiger charge is -2.14. The first kappa shape index (κ1) is 20.5. The SMILES string of the molecule is C[C@H](CCc1ccccc1)NC(=O)COC(=O)c1ncc(Cl)c(Cl)c1Cl. The van der Waals surface area contributed by atoms with Crippen LogP contribution in [0.4, 0.5) is 0 Å². The summed E-state index contributed by atoms with van der Waals surface area (Å²) in [6, 6.07) is 9.90. The Morgan fingerprint density at radius 3 is 2.54 bits per heavy atom. The number of nitrogens with one attached hydrogen (secondary N) is 1. The number of esters is 1. The summed E-state index contributed by atoms with van der Waals surface area (Å²) in [6.45, 7) is 1.45. The number of benzene rings is 1. The van der Waals surface area contributed by atoms with E-state index in [1.54, 1.807) is 0 Å². The van der Waals surface area contributed by atoms with Gasteiger partial charge in [0.25, 0.3) is 5.91 Å². The number of aromatic nitrogens is 1. The van der Waals surface area contributed by atoms with Crippen LogP contribution in [0.1, 0.15) is 29.4 Å². The van der Waals surface area contributed by atoms with E-state index in [0.717, 1.165) is 12.8 Å². The van der Waals surface area contributed by atoms with Gasteiger partial charge in [-0.15, -0.1) is 0 Å². The summed E-state index contributed by atoms with van der Waals surface area (Å²) in [5.74, 6) is -1.25. The highest BCUT2D eigenvalue weighted by molar-refractivity contribution is 6.48. The number of hydrogen-bond donors (Lipinski definition) is 1. The predicted octanol–water partition coefficient (Wildman–Crippen LogP) is 4.34. The minimum absolute atomic E-state index is 0.00858. The standard InChI is InChI=1S/C18H17Cl3N2O3/c1-11(7-8-12-5-3-2-4-6-12)23-14(24)10-26-18(25)17-16(21)15(20)13(19)9-22-17/h2-6,9,11H,7-8,10H2,1H3,(H,23,24)/t11-/m1/s1. The van der Waals surface area contributed by atoms with Crippen LogP contribution in [-0.2, 0) is 16.0 Å². The van der Waals surface area contributed by atoms with Gasteiger partial charge in [0.1, 0.15) is 0 Å². The summed E-state index contributed by atoms with van der Waals surface area (Å²) in [4.78, 5) is 27.7. The molecular weight excluding hydrogens is 399 g/mol. The molecule has 0 saturated carbocycles. The van der Waals surface area contributed by atoms with Crippen molar-refractivity contribution in [2.45, 2.75) is 25.8 Å². The van der Waals surface area contributed by atoms with Crippen molar-refractivity contribution in [1.29, 1.82) is 0 Å². The first-order valence-corrected chi connectivity index (χ1v) is 9.01. The molecule has 0 fully saturated rings. The third-order valence-electron chi connectivity index (χ3n) is 3.56. The summed E-state index contributed by atoms with van der Waals surface area (Å²) in [5.41, 5.74) is 1.01. The van der Waals surface area contributed by atoms with Gasteiger partial charge in [0.15, 0.2) is 12.3 Å². The third kappa shape index (κ3) is 5.87. The van der Waals surface area contributed by atoms with Gasteiger partial charge in [0.2, 0.25) is 0 Å². The summed E-state index contributed by atoms with van der Waals surface area (Å²) >= 11 is 17.5. The third-order valence-corrected chi connectivity index (χ3v) is 4.80. The molecule has 0 unspecified atom stereocenters. The highest BCUT2D eigenvalue weighted by atomic mass is 35.5. The fraction of sp³-hybridized carbons (Fsp3) is 0.278. The summed E-state index contributed by atoms with van der Waals surface area (Å²) in [5, 5.41) is 2.80. The molecule has 0 saturated heterocycles. The van der Waals surface area contributed by atoms with E-state index in [1.165, 1.54) is 11.8 Å². The van der Waals surface area contributed by atoms with Crippen molar-refractivity contribution in [2.75, 3.05) is 6.61 Å². The molecule has 0 bridgehead atoms. The van der Waals surface area contributed by atoms with Crippen molar-refractivity contribution in [3.05, 3.63) is 62.9 Å². The van der Waals surface area contributed by atoms with Crippen molar-refractivity contribution < 1.29 is 14.3 Å². The Balaban J connectivity index is 1.79. The van der Waals surface area contributed by atoms with Crippen LogP contribution < -0.4 is 5.32 Å². The predicted molar refractivity (Wildman–Crippen MR) is 102 cm³/mol. The Hall–Kier alpha value is -1.82. The van der Waals surface area contributed by atoms with Gasteiger partial charge in [-0.1, -0.05) is 65.1 Å². The van der Waals surface area contributed by atoms with Gasteiger partial charge in [0, 0.05) is 12.2 Å². The quantitative estimate of drug-likeness (QED) is 0.683. The lowest BCUT2D eigenvalue weighted by atomic mass is 10.1. The van der Waals surface area contributed by atoms with Gasteiger partial charge < -0.3 is 10.1 Å². The number of halogens is 3. The van der Waals surface area contributed by atoms with Crippen molar-refractivity contribution in [2.24, 2.45) is 0 Å². The summed E-state index contributed by atoms with van der Waals surface area (Å²) in [6.07, 6.45) is 2.80. The van der Waals surface area contributed by atoms with Crippen LogP contribution in [0.15, 0.2) is 36.5 Å². The topological polar surface area (TPSA) is 68.3 Å². The average molecular weight is 416 g/mol. The molecule has 0 aliphatic carbocycles. The number of hydrogen-bond acceptors (Lipinski definition) is 4. The molecule has 2 rings (SSSR count). The zero-order chi connectivity index (χ0) is 19.1. The average Bonchev–Trinajstić information content (AvgIpc) is 2.63. The maximum Gasteiger partial charge on any atom is 0.359 e. The summed E-state index contributed by atoms with van der Waals surface area (Å²) in [7, 11) is 0. The molecule has 1 atom stereocenters. The lowest BCUT2D eigenvalue weighted by Crippen LogP contribution is -2.36. The fourth-order valence-electron chi connectivity index (χ4n) is 2.20. The van der Waals surface area contributed by atoms with Crippen molar-refractivity contribution in [3.8, 4) is 0 Å². The number of rotatable bonds is 7. The molecule has 0 aliphatic heterocycles. The number of carbonyl (C=O) groups excluding carboxylic acids is 2. The largest absolute Gasteiger partial charge is 0.451 e. The van der Waals surface area contributed by atoms with Gasteiger partial charge in [-0.05, 0) is 25.3 Å². The molecule has 1 N–H and O–H groups in total. The van der Waals surface area contributed by atoms with Crippen molar-refractivity contribution in [1.82, 2.24) is 10.3 Å². The molecule has 8 heteroatoms. The highest BCUT2D eigenvalue weighted by Gasteiger charge is 2.19. The Morgan fingerprint density at radius 1 is 1.15 bits per heavy atom. The molecule has 26 heavy (non-hydrogen) atoms. The Bertz CT molecular complexity index is 785. The zero-order valence-electron chi connectivity index (χ0n) is 14.0. The number of ether oxygens (including phenoxy) is 1. The maximum absolute atomic E-state index is 12.0. The number of nitrogens with zero attached hydrogens (tertiary/aromatic N) is 1. The van der Waals surface area contributed by atoms with E-state index >= 15 is 0 Å². The molecule has 1 aromatic heterocycles. The van der Waals surface area contributed by atoms with Crippen LogP contribution in [-0.4, -0.2) is 29.5 Å². The lowest BCUT2D eigenvalue weighted by molar-refractivity contribution is -0.124. The molecule has 1 heterocycles. The van der Waals surface area contributed by atoms with Crippen LogP contribution in [0.3, 0.4) is 0 Å². The molecule has 1 aromatic carbocycles. The molecule has 2 aromatic rings. The molecular formula is C18H17Cl3N2O3. The van der Waals surface area contributed by atoms with E-state index in [4.69, 9.17) is 39.5 Å². The van der Waals surface area contributed by atoms with Gasteiger partial charge in [-0.25, -0.2) is 9.78 Å². The second-order valence-corrected chi connectivity index (χ2v) is 6.81. The minimum Gasteiger partial charge on any atom is -0.451 e. The van der Waals surface area contributed by atoms with Crippen LogP contribution in [0.5, 0.6) is 0 Å². The Morgan fingerprint density at radius 2 is 1.85 bits per heavy atom. The molecule has 138 valence electrons. The monoisotopic (exact) mass is 414 g/mol. The van der Waals surface area contributed by atoms with E-state index < -0.39 is 18.5 Å². The fourth-order valence-corrected chi connectivity index (χ4v) is 2.76. The van der Waals surface area contributed by atoms with E-state index in [-0.39, 0.29) is 26.8 Å². The Kier molecular flexibility index (Phi) is 7.69. The van der Waals surface area contributed by atoms with Crippen LogP contribution in [0, 0.1) is 0 Å². The number of carbonyl (C=O) groups is 2. The number of aryl methyl sites for hydroxylation is 1. The van der Waals surface area contributed by atoms with Crippen molar-refractivity contribution >= 4 is 46.7 Å². The Labute approximate surface area is 166 Å². The first-order valence-electron chi connectivity index (χ1n) is 7.88. The van der Waals surface area contributed by atoms with E-state index in [9.17, 15) is 9.59 Å². The highest BCUT2D eigenvalue weighted by Crippen LogP contribution is 2.31. The van der Waals surface area contributed by atoms with Crippen molar-refractivity contribution in [3.63, 3.8) is 0 Å². The first-order chi connectivity index (χ1) is 12.4. The molecule has 0 spiro atoms. The molecule has 5 nitrogen and oxygen atoms in total. The molecule has 0 radical (unpaired) electrons. The van der Waals surface area contributed by atoms with Gasteiger partial charge >= 0.3 is 5.97 Å². The number of pyridine rings is 1. The number of amides is 1. The summed E-state index contributed by atoms with van der Waals surface area (Å²) < 4.78 is 4.93. The van der Waals surface area contributed by atoms with E-state index in [0.29, 0.717) is 0 Å². The van der Waals surface area contributed by atoms with Gasteiger partial charge in [-0.2, -0.15) is 0 Å². The normalized spacial score (nSPS) is 11.7. The van der Waals surface area contributed by atoms with E-state index in [2.05, 4.69) is 10.3 Å². The molecule has 0 aliphatic rings. The second-order valence-electron chi connectivity index (χ2n) is 5.65. The minimum atomic E-state index is -0.847. The van der Waals surface area contributed by atoms with Crippen LogP contribution in [0.2, 0.25) is 15.1 Å². The smallest absolute Gasteiger partial charge is 0.359 e.